The lowest BCUT2D eigenvalue weighted by Crippen LogP contribution is -2.32. The highest BCUT2D eigenvalue weighted by molar-refractivity contribution is 7.89. The second kappa shape index (κ2) is 6.28. The number of rotatable bonds is 7. The molecule has 1 heterocycles. The summed E-state index contributed by atoms with van der Waals surface area (Å²) in [6.07, 6.45) is -0.234. The van der Waals surface area contributed by atoms with Crippen molar-refractivity contribution < 1.29 is 23.1 Å². The first-order valence-electron chi connectivity index (χ1n) is 5.30. The fraction of sp³-hybridized carbons (Fsp3) is 0.500. The number of carboxylic acid groups (broad SMARTS) is 1. The van der Waals surface area contributed by atoms with Gasteiger partial charge < -0.3 is 9.84 Å². The zero-order valence-corrected chi connectivity index (χ0v) is 11.7. The number of carboxylic acids is 1. The van der Waals surface area contributed by atoms with E-state index in [2.05, 4.69) is 4.72 Å². The number of aromatic carboxylic acids is 1. The van der Waals surface area contributed by atoms with E-state index in [-0.39, 0.29) is 22.4 Å². The molecule has 0 aliphatic heterocycles. The molecular weight excluding hydrogens is 278 g/mol. The van der Waals surface area contributed by atoms with Gasteiger partial charge in [0.15, 0.2) is 0 Å². The first-order chi connectivity index (χ1) is 8.36. The molecule has 6 nitrogen and oxygen atoms in total. The molecule has 1 aromatic rings. The quantitative estimate of drug-likeness (QED) is 0.786. The minimum Gasteiger partial charge on any atom is -0.477 e. The van der Waals surface area contributed by atoms with Crippen molar-refractivity contribution in [3.63, 3.8) is 0 Å². The molecule has 102 valence electrons. The monoisotopic (exact) mass is 293 g/mol. The highest BCUT2D eigenvalue weighted by Crippen LogP contribution is 2.19. The molecule has 0 fully saturated rings. The van der Waals surface area contributed by atoms with Crippen LogP contribution in [0.25, 0.3) is 0 Å². The first-order valence-corrected chi connectivity index (χ1v) is 7.66. The van der Waals surface area contributed by atoms with Gasteiger partial charge in [-0.25, -0.2) is 17.9 Å². The van der Waals surface area contributed by atoms with Crippen LogP contribution in [0.4, 0.5) is 0 Å². The predicted molar refractivity (Wildman–Crippen MR) is 67.6 cm³/mol. The standard InChI is InChI=1S/C10H15NO5S2/c1-3-16-7(2)5-11-18(14,15)8-4-9(10(12)13)17-6-8/h4,6-7,11H,3,5H2,1-2H3,(H,12,13). The summed E-state index contributed by atoms with van der Waals surface area (Å²) in [4.78, 5) is 10.6. The van der Waals surface area contributed by atoms with Crippen LogP contribution in [0.3, 0.4) is 0 Å². The van der Waals surface area contributed by atoms with Crippen LogP contribution in [0.1, 0.15) is 23.5 Å². The van der Waals surface area contributed by atoms with Crippen LogP contribution < -0.4 is 4.72 Å². The Bertz CT molecular complexity index is 508. The smallest absolute Gasteiger partial charge is 0.345 e. The largest absolute Gasteiger partial charge is 0.477 e. The van der Waals surface area contributed by atoms with Gasteiger partial charge in [0.05, 0.1) is 11.0 Å². The molecule has 2 N–H and O–H groups in total. The van der Waals surface area contributed by atoms with Gasteiger partial charge in [0.1, 0.15) is 4.88 Å². The Morgan fingerprint density at radius 3 is 2.78 bits per heavy atom. The Morgan fingerprint density at radius 1 is 1.61 bits per heavy atom. The number of carbonyl (C=O) groups is 1. The maximum atomic E-state index is 11.8. The van der Waals surface area contributed by atoms with Crippen LogP contribution >= 0.6 is 11.3 Å². The topological polar surface area (TPSA) is 92.7 Å². The summed E-state index contributed by atoms with van der Waals surface area (Å²) < 4.78 is 31.2. The zero-order chi connectivity index (χ0) is 13.8. The zero-order valence-electron chi connectivity index (χ0n) is 10.0. The van der Waals surface area contributed by atoms with Gasteiger partial charge in [-0.2, -0.15) is 0 Å². The molecule has 0 spiro atoms. The van der Waals surface area contributed by atoms with Crippen LogP contribution in [0.2, 0.25) is 0 Å². The van der Waals surface area contributed by atoms with Crippen LogP contribution in [-0.2, 0) is 14.8 Å². The second-order valence-corrected chi connectivity index (χ2v) is 6.25. The first kappa shape index (κ1) is 15.1. The molecule has 0 radical (unpaired) electrons. The lowest BCUT2D eigenvalue weighted by molar-refractivity contribution is 0.0701. The summed E-state index contributed by atoms with van der Waals surface area (Å²) in [7, 11) is -3.67. The summed E-state index contributed by atoms with van der Waals surface area (Å²) in [6, 6.07) is 1.14. The van der Waals surface area contributed by atoms with Gasteiger partial charge in [0.2, 0.25) is 10.0 Å². The van der Waals surface area contributed by atoms with Gasteiger partial charge in [0.25, 0.3) is 0 Å². The Kier molecular flexibility index (Phi) is 5.27. The maximum absolute atomic E-state index is 11.8. The lowest BCUT2D eigenvalue weighted by atomic mass is 10.4. The van der Waals surface area contributed by atoms with Crippen molar-refractivity contribution in [2.75, 3.05) is 13.2 Å². The minimum atomic E-state index is -3.67. The number of nitrogens with one attached hydrogen (secondary N) is 1. The van der Waals surface area contributed by atoms with Gasteiger partial charge >= 0.3 is 5.97 Å². The SMILES string of the molecule is CCOC(C)CNS(=O)(=O)c1csc(C(=O)O)c1. The average Bonchev–Trinajstić information content (AvgIpc) is 2.77. The third-order valence-corrected chi connectivity index (χ3v) is 4.58. The van der Waals surface area contributed by atoms with E-state index in [1.807, 2.05) is 6.92 Å². The van der Waals surface area contributed by atoms with Crippen molar-refractivity contribution in [3.8, 4) is 0 Å². The number of sulfonamides is 1. The Balaban J connectivity index is 2.71. The van der Waals surface area contributed by atoms with Crippen molar-refractivity contribution in [2.45, 2.75) is 24.8 Å². The molecule has 0 amide bonds. The van der Waals surface area contributed by atoms with Gasteiger partial charge in [0, 0.05) is 18.5 Å². The van der Waals surface area contributed by atoms with E-state index >= 15 is 0 Å². The molecule has 8 heteroatoms. The van der Waals surface area contributed by atoms with E-state index in [0.29, 0.717) is 6.61 Å². The third kappa shape index (κ3) is 4.05. The van der Waals surface area contributed by atoms with Crippen LogP contribution in [0.5, 0.6) is 0 Å². The second-order valence-electron chi connectivity index (χ2n) is 3.57. The number of hydrogen-bond acceptors (Lipinski definition) is 5. The molecule has 1 aromatic heterocycles. The fourth-order valence-electron chi connectivity index (χ4n) is 1.23. The number of thiophene rings is 1. The van der Waals surface area contributed by atoms with E-state index in [4.69, 9.17) is 9.84 Å². The van der Waals surface area contributed by atoms with E-state index in [1.165, 1.54) is 5.38 Å². The van der Waals surface area contributed by atoms with Crippen LogP contribution in [0.15, 0.2) is 16.3 Å². The Hall–Kier alpha value is -0.960. The van der Waals surface area contributed by atoms with Crippen molar-refractivity contribution in [3.05, 3.63) is 16.3 Å². The summed E-state index contributed by atoms with van der Waals surface area (Å²) in [5.74, 6) is -1.14. The molecule has 0 saturated heterocycles. The van der Waals surface area contributed by atoms with Crippen molar-refractivity contribution in [1.82, 2.24) is 4.72 Å². The summed E-state index contributed by atoms with van der Waals surface area (Å²) >= 11 is 0.879. The average molecular weight is 293 g/mol. The molecule has 18 heavy (non-hydrogen) atoms. The molecule has 0 aromatic carbocycles. The minimum absolute atomic E-state index is 0.00627. The third-order valence-electron chi connectivity index (χ3n) is 2.11. The molecule has 1 atom stereocenters. The Labute approximate surface area is 110 Å². The lowest BCUT2D eigenvalue weighted by Gasteiger charge is -2.12. The molecule has 0 aliphatic carbocycles. The van der Waals surface area contributed by atoms with E-state index in [1.54, 1.807) is 6.92 Å². The highest BCUT2D eigenvalue weighted by Gasteiger charge is 2.19. The molecule has 1 rings (SSSR count). The fourth-order valence-corrected chi connectivity index (χ4v) is 3.45. The van der Waals surface area contributed by atoms with Gasteiger partial charge in [-0.15, -0.1) is 11.3 Å². The maximum Gasteiger partial charge on any atom is 0.345 e. The molecular formula is C10H15NO5S2. The van der Waals surface area contributed by atoms with Crippen LogP contribution in [-0.4, -0.2) is 38.7 Å². The summed E-state index contributed by atoms with van der Waals surface area (Å²) in [5.41, 5.74) is 0. The Morgan fingerprint density at radius 2 is 2.28 bits per heavy atom. The highest BCUT2D eigenvalue weighted by atomic mass is 32.2. The van der Waals surface area contributed by atoms with Gasteiger partial charge in [-0.05, 0) is 19.9 Å². The van der Waals surface area contributed by atoms with Gasteiger partial charge in [-0.3, -0.25) is 0 Å². The van der Waals surface area contributed by atoms with Crippen LogP contribution in [0, 0.1) is 0 Å². The summed E-state index contributed by atoms with van der Waals surface area (Å²) in [5, 5.41) is 10.0. The molecule has 0 saturated carbocycles. The van der Waals surface area contributed by atoms with E-state index in [0.717, 1.165) is 17.4 Å². The van der Waals surface area contributed by atoms with E-state index in [9.17, 15) is 13.2 Å². The number of ether oxygens (including phenoxy) is 1. The number of hydrogen-bond donors (Lipinski definition) is 2. The van der Waals surface area contributed by atoms with Crippen molar-refractivity contribution in [1.29, 1.82) is 0 Å². The van der Waals surface area contributed by atoms with Crippen molar-refractivity contribution in [2.24, 2.45) is 0 Å². The molecule has 0 aliphatic rings. The molecule has 0 bridgehead atoms. The predicted octanol–water partition coefficient (Wildman–Crippen LogP) is 1.15. The molecule has 1 unspecified atom stereocenters. The van der Waals surface area contributed by atoms with E-state index < -0.39 is 16.0 Å². The van der Waals surface area contributed by atoms with Crippen molar-refractivity contribution >= 4 is 27.3 Å². The van der Waals surface area contributed by atoms with Gasteiger partial charge in [-0.1, -0.05) is 0 Å². The summed E-state index contributed by atoms with van der Waals surface area (Å²) in [6.45, 7) is 4.23. The normalized spacial score (nSPS) is 13.4.